The summed E-state index contributed by atoms with van der Waals surface area (Å²) in [6, 6.07) is 11.4. The van der Waals surface area contributed by atoms with Gasteiger partial charge in [-0.15, -0.1) is 0 Å². The second-order valence-corrected chi connectivity index (χ2v) is 8.32. The molecule has 34 heavy (non-hydrogen) atoms. The van der Waals surface area contributed by atoms with Crippen LogP contribution >= 0.6 is 0 Å². The number of likely N-dealkylation sites (N-methyl/N-ethyl adjacent to an activating group) is 1. The van der Waals surface area contributed by atoms with Gasteiger partial charge >= 0.3 is 0 Å². The summed E-state index contributed by atoms with van der Waals surface area (Å²) in [5.41, 5.74) is 1.12. The number of carbonyl (C=O) groups excluding carboxylic acids is 2. The van der Waals surface area contributed by atoms with Crippen LogP contribution in [0.4, 0.5) is 0 Å². The molecule has 0 radical (unpaired) electrons. The largest absolute Gasteiger partial charge is 0.507 e. The second kappa shape index (κ2) is 10.0. The van der Waals surface area contributed by atoms with E-state index in [2.05, 4.69) is 6.58 Å². The number of hydrogen-bond acceptors (Lipinski definition) is 7. The normalized spacial score (nSPS) is 18.9. The van der Waals surface area contributed by atoms with Gasteiger partial charge in [0, 0.05) is 18.7 Å². The quantitative estimate of drug-likeness (QED) is 0.278. The van der Waals surface area contributed by atoms with Crippen molar-refractivity contribution in [3.8, 4) is 17.2 Å². The molecule has 1 N–H and O–H groups in total. The molecule has 1 atom stereocenters. The Labute approximate surface area is 198 Å². The standard InChI is InChI=1S/C26H28N2O6/c1-4-13-32-19-8-5-17(6-9-19)23-22(25(30)26(31)28(23)12-11-27(2)3)24(29)18-7-10-20-21(16-18)34-15-14-33-20/h4-10,16,23,29H,1,11-15H2,2-3H3/t23-/m0/s1. The third-order valence-electron chi connectivity index (χ3n) is 5.71. The molecule has 178 valence electrons. The molecule has 1 amide bonds. The smallest absolute Gasteiger partial charge is 0.295 e. The van der Waals surface area contributed by atoms with E-state index in [1.54, 1.807) is 48.5 Å². The predicted octanol–water partition coefficient (Wildman–Crippen LogP) is 3.01. The summed E-state index contributed by atoms with van der Waals surface area (Å²) in [4.78, 5) is 29.6. The minimum Gasteiger partial charge on any atom is -0.507 e. The molecule has 2 aliphatic heterocycles. The number of Topliss-reactive ketones (excluding diaryl/α,β-unsaturated/α-hetero) is 1. The lowest BCUT2D eigenvalue weighted by Gasteiger charge is -2.26. The molecule has 0 aliphatic carbocycles. The minimum atomic E-state index is -0.735. The molecule has 1 fully saturated rings. The molecule has 1 saturated heterocycles. The summed E-state index contributed by atoms with van der Waals surface area (Å²) in [6.45, 7) is 5.74. The van der Waals surface area contributed by atoms with Crippen LogP contribution in [0.15, 0.2) is 60.7 Å². The van der Waals surface area contributed by atoms with Gasteiger partial charge < -0.3 is 29.1 Å². The van der Waals surface area contributed by atoms with Crippen molar-refractivity contribution in [2.45, 2.75) is 6.04 Å². The molecule has 0 spiro atoms. The van der Waals surface area contributed by atoms with Crippen LogP contribution in [0, 0.1) is 0 Å². The van der Waals surface area contributed by atoms with Crippen molar-refractivity contribution in [3.63, 3.8) is 0 Å². The number of ketones is 1. The average Bonchev–Trinajstić information content (AvgIpc) is 3.10. The highest BCUT2D eigenvalue weighted by Crippen LogP contribution is 2.41. The molecular weight excluding hydrogens is 436 g/mol. The van der Waals surface area contributed by atoms with Gasteiger partial charge in [0.1, 0.15) is 31.3 Å². The van der Waals surface area contributed by atoms with Crippen LogP contribution in [0.1, 0.15) is 17.2 Å². The number of hydrogen-bond donors (Lipinski definition) is 1. The van der Waals surface area contributed by atoms with Crippen LogP contribution in [0.5, 0.6) is 17.2 Å². The lowest BCUT2D eigenvalue weighted by molar-refractivity contribution is -0.140. The van der Waals surface area contributed by atoms with Crippen LogP contribution in [0.3, 0.4) is 0 Å². The highest BCUT2D eigenvalue weighted by atomic mass is 16.6. The molecule has 2 heterocycles. The van der Waals surface area contributed by atoms with Gasteiger partial charge in [0.05, 0.1) is 11.6 Å². The first kappa shape index (κ1) is 23.4. The lowest BCUT2D eigenvalue weighted by atomic mass is 9.95. The van der Waals surface area contributed by atoms with Gasteiger partial charge in [-0.25, -0.2) is 0 Å². The maximum Gasteiger partial charge on any atom is 0.295 e. The van der Waals surface area contributed by atoms with E-state index in [1.165, 1.54) is 4.90 Å². The SMILES string of the molecule is C=CCOc1ccc([C@H]2C(=C(O)c3ccc4c(c3)OCCO4)C(=O)C(=O)N2CCN(C)C)cc1. The van der Waals surface area contributed by atoms with Crippen molar-refractivity contribution in [3.05, 3.63) is 71.8 Å². The fourth-order valence-electron chi connectivity index (χ4n) is 4.01. The monoisotopic (exact) mass is 464 g/mol. The zero-order valence-electron chi connectivity index (χ0n) is 19.3. The number of fused-ring (bicyclic) bond motifs is 1. The predicted molar refractivity (Wildman–Crippen MR) is 127 cm³/mol. The molecular formula is C26H28N2O6. The summed E-state index contributed by atoms with van der Waals surface area (Å²) < 4.78 is 16.7. The third kappa shape index (κ3) is 4.63. The van der Waals surface area contributed by atoms with Gasteiger partial charge in [-0.3, -0.25) is 9.59 Å². The van der Waals surface area contributed by atoms with Crippen molar-refractivity contribution in [2.75, 3.05) is 47.0 Å². The Bertz CT molecular complexity index is 1120. The van der Waals surface area contributed by atoms with Crippen LogP contribution in [-0.4, -0.2) is 73.6 Å². The minimum absolute atomic E-state index is 0.0418. The fraction of sp³-hybridized carbons (Fsp3) is 0.308. The molecule has 8 nitrogen and oxygen atoms in total. The summed E-state index contributed by atoms with van der Waals surface area (Å²) in [5, 5.41) is 11.2. The molecule has 0 aromatic heterocycles. The molecule has 0 bridgehead atoms. The van der Waals surface area contributed by atoms with Gasteiger partial charge in [-0.2, -0.15) is 0 Å². The Kier molecular flexibility index (Phi) is 6.88. The summed E-state index contributed by atoms with van der Waals surface area (Å²) >= 11 is 0. The first-order valence-electron chi connectivity index (χ1n) is 11.1. The van der Waals surface area contributed by atoms with Crippen LogP contribution in [0.2, 0.25) is 0 Å². The van der Waals surface area contributed by atoms with E-state index in [0.717, 1.165) is 0 Å². The van der Waals surface area contributed by atoms with Crippen molar-refractivity contribution >= 4 is 17.4 Å². The summed E-state index contributed by atoms with van der Waals surface area (Å²) in [7, 11) is 3.79. The van der Waals surface area contributed by atoms with Gasteiger partial charge in [0.25, 0.3) is 11.7 Å². The number of benzene rings is 2. The highest BCUT2D eigenvalue weighted by Gasteiger charge is 2.46. The zero-order chi connectivity index (χ0) is 24.2. The maximum atomic E-state index is 13.1. The number of ether oxygens (including phenoxy) is 3. The van der Waals surface area contributed by atoms with E-state index in [0.29, 0.717) is 61.3 Å². The van der Waals surface area contributed by atoms with Crippen molar-refractivity contribution < 1.29 is 28.9 Å². The van der Waals surface area contributed by atoms with Crippen LogP contribution < -0.4 is 14.2 Å². The molecule has 2 aliphatic rings. The Hall–Kier alpha value is -3.78. The van der Waals surface area contributed by atoms with Gasteiger partial charge in [-0.05, 0) is 50.0 Å². The average molecular weight is 465 g/mol. The Balaban J connectivity index is 1.77. The van der Waals surface area contributed by atoms with E-state index in [-0.39, 0.29) is 11.3 Å². The van der Waals surface area contributed by atoms with Crippen LogP contribution in [0.25, 0.3) is 5.76 Å². The summed E-state index contributed by atoms with van der Waals surface area (Å²) in [6.07, 6.45) is 1.65. The third-order valence-corrected chi connectivity index (χ3v) is 5.71. The molecule has 2 aromatic rings. The van der Waals surface area contributed by atoms with E-state index < -0.39 is 17.7 Å². The molecule has 2 aromatic carbocycles. The summed E-state index contributed by atoms with van der Waals surface area (Å²) in [5.74, 6) is 0.0831. The van der Waals surface area contributed by atoms with Crippen molar-refractivity contribution in [1.82, 2.24) is 9.80 Å². The number of aliphatic hydroxyl groups is 1. The zero-order valence-corrected chi connectivity index (χ0v) is 19.3. The van der Waals surface area contributed by atoms with Gasteiger partial charge in [0.2, 0.25) is 0 Å². The number of aliphatic hydroxyl groups excluding tert-OH is 1. The number of rotatable bonds is 8. The molecule has 4 rings (SSSR count). The number of carbonyl (C=O) groups is 2. The van der Waals surface area contributed by atoms with E-state index >= 15 is 0 Å². The Morgan fingerprint density at radius 3 is 2.53 bits per heavy atom. The topological polar surface area (TPSA) is 88.5 Å². The van der Waals surface area contributed by atoms with Crippen LogP contribution in [-0.2, 0) is 9.59 Å². The Morgan fingerprint density at radius 1 is 1.15 bits per heavy atom. The fourth-order valence-corrected chi connectivity index (χ4v) is 4.01. The van der Waals surface area contributed by atoms with E-state index in [4.69, 9.17) is 14.2 Å². The Morgan fingerprint density at radius 2 is 1.85 bits per heavy atom. The molecule has 8 heteroatoms. The van der Waals surface area contributed by atoms with Gasteiger partial charge in [-0.1, -0.05) is 24.8 Å². The van der Waals surface area contributed by atoms with Crippen molar-refractivity contribution in [1.29, 1.82) is 0 Å². The highest BCUT2D eigenvalue weighted by molar-refractivity contribution is 6.46. The number of nitrogens with zero attached hydrogens (tertiary/aromatic N) is 2. The maximum absolute atomic E-state index is 13.1. The van der Waals surface area contributed by atoms with E-state index in [9.17, 15) is 14.7 Å². The first-order chi connectivity index (χ1) is 16.4. The first-order valence-corrected chi connectivity index (χ1v) is 11.1. The molecule has 0 saturated carbocycles. The lowest BCUT2D eigenvalue weighted by Crippen LogP contribution is -2.35. The van der Waals surface area contributed by atoms with E-state index in [1.807, 2.05) is 19.0 Å². The number of amides is 1. The molecule has 0 unspecified atom stereocenters. The van der Waals surface area contributed by atoms with Gasteiger partial charge in [0.15, 0.2) is 11.5 Å². The second-order valence-electron chi connectivity index (χ2n) is 8.32. The van der Waals surface area contributed by atoms with Crippen molar-refractivity contribution in [2.24, 2.45) is 0 Å². The number of likely N-dealkylation sites (tertiary alicyclic amines) is 1.